The lowest BCUT2D eigenvalue weighted by Crippen LogP contribution is -2.39. The van der Waals surface area contributed by atoms with Crippen LogP contribution in [-0.2, 0) is 41.6 Å². The van der Waals surface area contributed by atoms with E-state index in [4.69, 9.17) is 70.1 Å². The first-order valence-corrected chi connectivity index (χ1v) is 13.2. The van der Waals surface area contributed by atoms with E-state index in [0.29, 0.717) is 0 Å². The summed E-state index contributed by atoms with van der Waals surface area (Å²) in [5.74, 6) is 0. The molecule has 0 aromatic rings. The van der Waals surface area contributed by atoms with E-state index in [0.717, 1.165) is 52.4 Å². The van der Waals surface area contributed by atoms with Crippen LogP contribution < -0.4 is 21.3 Å². The second kappa shape index (κ2) is 20.9. The molecule has 0 bridgehead atoms. The van der Waals surface area contributed by atoms with Crippen LogP contribution >= 0.6 is 0 Å². The smallest absolute Gasteiger partial charge is 0.314 e. The Bertz CT molecular complexity index is 645. The van der Waals surface area contributed by atoms with Crippen molar-refractivity contribution in [3.8, 4) is 0 Å². The minimum atomic E-state index is -4.67. The fourth-order valence-corrected chi connectivity index (χ4v) is 1.21. The van der Waals surface area contributed by atoms with Crippen molar-refractivity contribution < 1.29 is 70.1 Å². The van der Waals surface area contributed by atoms with Gasteiger partial charge in [-0.15, -0.1) is 0 Å². The van der Waals surface area contributed by atoms with Crippen LogP contribution in [0.15, 0.2) is 0 Å². The molecule has 32 heavy (non-hydrogen) atoms. The van der Waals surface area contributed by atoms with Crippen molar-refractivity contribution in [1.29, 1.82) is 0 Å². The minimum absolute atomic E-state index is 1.07. The van der Waals surface area contributed by atoms with E-state index in [2.05, 4.69) is 21.3 Å². The largest absolute Gasteiger partial charge is 0.394 e. The summed E-state index contributed by atoms with van der Waals surface area (Å²) in [4.78, 5) is 0. The third kappa shape index (κ3) is 184. The molecule has 1 saturated heterocycles. The first-order chi connectivity index (χ1) is 14.0. The van der Waals surface area contributed by atoms with E-state index >= 15 is 0 Å². The Morgan fingerprint density at radius 1 is 0.312 bits per heavy atom. The monoisotopic (exact) mass is 564 g/mol. The lowest BCUT2D eigenvalue weighted by Gasteiger charge is -2.11. The number of hydrogen-bond donors (Lipinski definition) is 12. The molecule has 1 fully saturated rings. The fraction of sp³-hybridized carbons (Fsp3) is 1.00. The summed E-state index contributed by atoms with van der Waals surface area (Å²) < 4.78 is 126. The maximum atomic E-state index is 8.74. The van der Waals surface area contributed by atoms with Crippen LogP contribution in [0.5, 0.6) is 0 Å². The van der Waals surface area contributed by atoms with Crippen molar-refractivity contribution in [1.82, 2.24) is 21.3 Å². The lowest BCUT2D eigenvalue weighted by molar-refractivity contribution is 0.378. The van der Waals surface area contributed by atoms with Crippen LogP contribution in [0.2, 0.25) is 0 Å². The zero-order chi connectivity index (χ0) is 26.5. The summed E-state index contributed by atoms with van der Waals surface area (Å²) in [5, 5.41) is 13.4. The van der Waals surface area contributed by atoms with E-state index in [9.17, 15) is 0 Å². The molecule has 0 aliphatic carbocycles. The van der Waals surface area contributed by atoms with Crippen molar-refractivity contribution >= 4 is 41.6 Å². The van der Waals surface area contributed by atoms with Gasteiger partial charge in [-0.3, -0.25) is 36.4 Å². The molecule has 200 valence electrons. The standard InChI is InChI=1S/C8H20N4.4H2O4S/c1-2-10-5-6-12-8-7-11-4-3-9-1;4*1-5(2,3)4/h9-12H,1-8H2;4*(H2,1,2,3,4). The molecular weight excluding hydrogens is 536 g/mol. The van der Waals surface area contributed by atoms with E-state index in [-0.39, 0.29) is 0 Å². The van der Waals surface area contributed by atoms with Gasteiger partial charge in [-0.2, -0.15) is 33.7 Å². The fourth-order valence-electron chi connectivity index (χ4n) is 1.21. The minimum Gasteiger partial charge on any atom is -0.314 e. The molecule has 24 heteroatoms. The summed E-state index contributed by atoms with van der Waals surface area (Å²) in [6, 6.07) is 0. The third-order valence-corrected chi connectivity index (χ3v) is 1.91. The van der Waals surface area contributed by atoms with Crippen LogP contribution in [0.25, 0.3) is 0 Å². The molecule has 20 nitrogen and oxygen atoms in total. The highest BCUT2D eigenvalue weighted by Crippen LogP contribution is 1.66. The maximum absolute atomic E-state index is 8.74. The number of rotatable bonds is 0. The van der Waals surface area contributed by atoms with Crippen molar-refractivity contribution in [3.05, 3.63) is 0 Å². The zero-order valence-electron chi connectivity index (χ0n) is 16.1. The summed E-state index contributed by atoms with van der Waals surface area (Å²) >= 11 is 0. The van der Waals surface area contributed by atoms with Gasteiger partial charge in [0.1, 0.15) is 0 Å². The van der Waals surface area contributed by atoms with Gasteiger partial charge < -0.3 is 21.3 Å². The molecule has 0 aromatic carbocycles. The first kappa shape index (κ1) is 38.6. The molecule has 1 heterocycles. The first-order valence-electron chi connectivity index (χ1n) is 7.62. The van der Waals surface area contributed by atoms with Crippen molar-refractivity contribution in [2.24, 2.45) is 0 Å². The van der Waals surface area contributed by atoms with E-state index in [1.807, 2.05) is 0 Å². The number of nitrogens with one attached hydrogen (secondary N) is 4. The Balaban J connectivity index is -0.000000167. The second-order valence-corrected chi connectivity index (χ2v) is 8.37. The summed E-state index contributed by atoms with van der Waals surface area (Å²) in [6.07, 6.45) is 0. The SMILES string of the molecule is C1CNCCNCCNCCN1.O=S(=O)(O)O.O=S(=O)(O)O.O=S(=O)(O)O.O=S(=O)(O)O. The quantitative estimate of drug-likeness (QED) is 0.124. The summed E-state index contributed by atoms with van der Waals surface area (Å²) in [6.45, 7) is 8.57. The Morgan fingerprint density at radius 3 is 0.438 bits per heavy atom. The Hall–Kier alpha value is -0.680. The van der Waals surface area contributed by atoms with Crippen molar-refractivity contribution in [2.45, 2.75) is 0 Å². The van der Waals surface area contributed by atoms with Crippen LogP contribution in [0, 0.1) is 0 Å². The molecule has 0 radical (unpaired) electrons. The van der Waals surface area contributed by atoms with Crippen LogP contribution in [0.3, 0.4) is 0 Å². The second-order valence-electron chi connectivity index (χ2n) is 4.79. The molecule has 12 N–H and O–H groups in total. The molecule has 0 amide bonds. The van der Waals surface area contributed by atoms with Gasteiger partial charge in [0.25, 0.3) is 0 Å². The zero-order valence-corrected chi connectivity index (χ0v) is 19.4. The van der Waals surface area contributed by atoms with E-state index < -0.39 is 41.6 Å². The molecular formula is C8H28N4O16S4. The predicted octanol–water partition coefficient (Wildman–Crippen LogP) is -4.25. The average molecular weight is 565 g/mol. The average Bonchev–Trinajstić information content (AvgIpc) is 2.40. The summed E-state index contributed by atoms with van der Waals surface area (Å²) in [5.41, 5.74) is 0. The molecule has 1 rings (SSSR count). The van der Waals surface area contributed by atoms with Gasteiger partial charge in [0.05, 0.1) is 0 Å². The molecule has 1 aliphatic heterocycles. The van der Waals surface area contributed by atoms with Crippen molar-refractivity contribution in [2.75, 3.05) is 52.4 Å². The summed E-state index contributed by atoms with van der Waals surface area (Å²) in [7, 11) is -18.7. The normalized spacial score (nSPS) is 16.2. The Labute approximate surface area is 185 Å². The van der Waals surface area contributed by atoms with Crippen LogP contribution in [0.4, 0.5) is 0 Å². The third-order valence-electron chi connectivity index (χ3n) is 1.91. The highest BCUT2D eigenvalue weighted by molar-refractivity contribution is 7.80. The molecule has 0 spiro atoms. The van der Waals surface area contributed by atoms with Gasteiger partial charge in [0.15, 0.2) is 0 Å². The van der Waals surface area contributed by atoms with Gasteiger partial charge in [-0.25, -0.2) is 0 Å². The molecule has 0 saturated carbocycles. The highest BCUT2D eigenvalue weighted by atomic mass is 32.3. The van der Waals surface area contributed by atoms with Crippen LogP contribution in [0.1, 0.15) is 0 Å². The lowest BCUT2D eigenvalue weighted by atomic mass is 10.4. The molecule has 0 unspecified atom stereocenters. The molecule has 0 atom stereocenters. The predicted molar refractivity (Wildman–Crippen MR) is 108 cm³/mol. The maximum Gasteiger partial charge on any atom is 0.394 e. The van der Waals surface area contributed by atoms with Gasteiger partial charge in [0, 0.05) is 52.4 Å². The highest BCUT2D eigenvalue weighted by Gasteiger charge is 1.92. The Kier molecular flexibility index (Phi) is 25.2. The van der Waals surface area contributed by atoms with Crippen molar-refractivity contribution in [3.63, 3.8) is 0 Å². The molecule has 1 aliphatic rings. The van der Waals surface area contributed by atoms with E-state index in [1.165, 1.54) is 0 Å². The number of hydrogen-bond acceptors (Lipinski definition) is 12. The van der Waals surface area contributed by atoms with Gasteiger partial charge >= 0.3 is 41.6 Å². The van der Waals surface area contributed by atoms with E-state index in [1.54, 1.807) is 0 Å². The van der Waals surface area contributed by atoms with Crippen LogP contribution in [-0.4, -0.2) is 122 Å². The Morgan fingerprint density at radius 2 is 0.375 bits per heavy atom. The van der Waals surface area contributed by atoms with Gasteiger partial charge in [-0.1, -0.05) is 0 Å². The van der Waals surface area contributed by atoms with Gasteiger partial charge in [-0.05, 0) is 0 Å². The molecule has 0 aromatic heterocycles. The van der Waals surface area contributed by atoms with Gasteiger partial charge in [0.2, 0.25) is 0 Å². The topological polar surface area (TPSA) is 347 Å².